The number of benzene rings is 7. The third kappa shape index (κ3) is 13.2. The second kappa shape index (κ2) is 23.0. The number of pyridine rings is 1. The van der Waals surface area contributed by atoms with Crippen LogP contribution in [-0.2, 0) is 17.1 Å². The van der Waals surface area contributed by atoms with Crippen LogP contribution in [0.15, 0.2) is 225 Å². The Morgan fingerprint density at radius 3 is 1.23 bits per heavy atom. The molecule has 0 atom stereocenters. The topological polar surface area (TPSA) is 39.9 Å². The molecule has 64 heavy (non-hydrogen) atoms. The van der Waals surface area contributed by atoms with Crippen LogP contribution in [0.1, 0.15) is 11.3 Å². The average Bonchev–Trinajstić information content (AvgIpc) is 3.80. The Labute approximate surface area is 385 Å². The summed E-state index contributed by atoms with van der Waals surface area (Å²) in [5.74, 6) is 1.85. The van der Waals surface area contributed by atoms with Gasteiger partial charge in [0.05, 0.1) is 11.4 Å². The van der Waals surface area contributed by atoms with Gasteiger partial charge in [0.2, 0.25) is 0 Å². The predicted octanol–water partition coefficient (Wildman–Crippen LogP) is 11.3. The number of halogens is 4. The molecule has 0 amide bonds. The number of aryl methyl sites for hydroxylation is 2. The van der Waals surface area contributed by atoms with E-state index in [1.807, 2.05) is 42.1 Å². The molecule has 9 aromatic rings. The molecule has 7 aromatic carbocycles. The number of hydrogen-bond acceptors (Lipinski definition) is 3. The van der Waals surface area contributed by atoms with E-state index in [0.29, 0.717) is 0 Å². The summed E-state index contributed by atoms with van der Waals surface area (Å²) < 4.78 is 47.8. The van der Waals surface area contributed by atoms with Gasteiger partial charge in [0.1, 0.15) is 53.4 Å². The van der Waals surface area contributed by atoms with Crippen molar-refractivity contribution in [2.45, 2.75) is 13.8 Å². The molecule has 0 unspecified atom stereocenters. The van der Waals surface area contributed by atoms with Crippen molar-refractivity contribution in [1.29, 1.82) is 0 Å². The van der Waals surface area contributed by atoms with Crippen molar-refractivity contribution in [3.63, 3.8) is 0 Å². The molecule has 2 aromatic heterocycles. The zero-order valence-electron chi connectivity index (χ0n) is 35.0. The summed E-state index contributed by atoms with van der Waals surface area (Å²) in [5.41, 5.74) is 5.11. The monoisotopic (exact) mass is 939 g/mol. The first-order valence-electron chi connectivity index (χ1n) is 20.4. The van der Waals surface area contributed by atoms with E-state index in [-0.39, 0.29) is 17.1 Å². The largest absolute Gasteiger partial charge is 1.00 e. The number of ether oxygens (including phenoxy) is 1. The fraction of sp³-hybridized carbons (Fsp3) is 0.0385. The fourth-order valence-electron chi connectivity index (χ4n) is 7.00. The first kappa shape index (κ1) is 47.3. The predicted molar refractivity (Wildman–Crippen MR) is 260 cm³/mol. The number of rotatable bonds is 10. The molecule has 0 bridgehead atoms. The van der Waals surface area contributed by atoms with E-state index < -0.39 is 23.1 Å². The summed E-state index contributed by atoms with van der Waals surface area (Å²) >= 11 is 0. The van der Waals surface area contributed by atoms with E-state index in [9.17, 15) is 17.3 Å². The van der Waals surface area contributed by atoms with Gasteiger partial charge < -0.3 is 22.0 Å². The molecular weight excluding hydrogens is 895 g/mol. The quantitative estimate of drug-likeness (QED) is 0.0779. The van der Waals surface area contributed by atoms with Gasteiger partial charge in [0.15, 0.2) is 11.5 Å². The minimum Gasteiger partial charge on any atom is -0.449 e. The van der Waals surface area contributed by atoms with Crippen molar-refractivity contribution in [2.24, 2.45) is 0 Å². The molecule has 0 fully saturated rings. The van der Waals surface area contributed by atoms with Gasteiger partial charge >= 0.3 is 24.3 Å². The molecule has 0 aliphatic rings. The summed E-state index contributed by atoms with van der Waals surface area (Å²) in [6, 6.07) is 76.8. The third-order valence-electron chi connectivity index (χ3n) is 9.82. The number of aromatic nitrogens is 3. The van der Waals surface area contributed by atoms with E-state index in [1.165, 1.54) is 37.4 Å². The van der Waals surface area contributed by atoms with Crippen molar-refractivity contribution < 1.29 is 39.1 Å². The summed E-state index contributed by atoms with van der Waals surface area (Å²) in [5, 5.41) is 12.5. The molecule has 0 radical (unpaired) electrons. The van der Waals surface area contributed by atoms with Crippen molar-refractivity contribution in [3.05, 3.63) is 236 Å². The maximum atomic E-state index is 9.75. The molecule has 4 nitrogen and oxygen atoms in total. The minimum absolute atomic E-state index is 0. The van der Waals surface area contributed by atoms with E-state index in [2.05, 4.69) is 211 Å². The smallest absolute Gasteiger partial charge is 0.449 e. The average molecular weight is 940 g/mol. The van der Waals surface area contributed by atoms with Crippen LogP contribution in [0.3, 0.4) is 0 Å². The summed E-state index contributed by atoms with van der Waals surface area (Å²) in [4.78, 5) is 4.49. The van der Waals surface area contributed by atoms with Gasteiger partial charge in [-0.1, -0.05) is 121 Å². The van der Waals surface area contributed by atoms with E-state index in [4.69, 9.17) is 4.74 Å². The van der Waals surface area contributed by atoms with E-state index >= 15 is 0 Å². The van der Waals surface area contributed by atoms with Crippen LogP contribution in [0.5, 0.6) is 11.5 Å². The van der Waals surface area contributed by atoms with Gasteiger partial charge in [-0.2, -0.15) is 5.10 Å². The van der Waals surface area contributed by atoms with Crippen LogP contribution in [0.4, 0.5) is 17.3 Å². The third-order valence-corrected chi connectivity index (χ3v) is 15.4. The number of hydrogen-bond donors (Lipinski definition) is 0. The molecular formula is C52H45BCuF4N3OP2+2. The van der Waals surface area contributed by atoms with Crippen molar-refractivity contribution >= 4 is 54.9 Å². The number of para-hydroxylation sites is 2. The molecule has 2 heterocycles. The van der Waals surface area contributed by atoms with Gasteiger partial charge in [-0.05, 0) is 117 Å². The number of nitrogens with zero attached hydrogens (tertiary/aromatic N) is 3. The SMILES string of the molecule is Cc1ccc(-n2ccc(-c3cccc(C)n3)n2)cc1.F[B-](F)(F)F.[Cu+].c1ccc([PH+](c2ccccc2)c2ccccc2Oc2ccccc2[PH+](c2ccccc2)c2ccccc2)cc1. The van der Waals surface area contributed by atoms with Crippen molar-refractivity contribution in [2.75, 3.05) is 0 Å². The zero-order valence-corrected chi connectivity index (χ0v) is 37.9. The van der Waals surface area contributed by atoms with Crippen LogP contribution >= 0.6 is 15.8 Å². The molecule has 324 valence electrons. The Morgan fingerprint density at radius 1 is 0.438 bits per heavy atom. The minimum atomic E-state index is -6.00. The Bertz CT molecular complexity index is 2590. The Hall–Kier alpha value is -6.14. The second-order valence-corrected chi connectivity index (χ2v) is 19.3. The zero-order chi connectivity index (χ0) is 44.0. The summed E-state index contributed by atoms with van der Waals surface area (Å²) in [6.07, 6.45) is 1.96. The first-order valence-corrected chi connectivity index (χ1v) is 23.4. The van der Waals surface area contributed by atoms with Crippen molar-refractivity contribution in [3.8, 4) is 28.6 Å². The molecule has 0 N–H and O–H groups in total. The van der Waals surface area contributed by atoms with Crippen molar-refractivity contribution in [1.82, 2.24) is 14.8 Å². The van der Waals surface area contributed by atoms with Crippen LogP contribution in [0.2, 0.25) is 0 Å². The van der Waals surface area contributed by atoms with E-state index in [0.717, 1.165) is 34.3 Å². The Morgan fingerprint density at radius 2 is 0.828 bits per heavy atom. The van der Waals surface area contributed by atoms with Crippen LogP contribution in [-0.4, -0.2) is 22.0 Å². The van der Waals surface area contributed by atoms with Gasteiger partial charge in [0.25, 0.3) is 0 Å². The normalized spacial score (nSPS) is 10.8. The van der Waals surface area contributed by atoms with Gasteiger partial charge in [-0.25, -0.2) is 4.68 Å². The van der Waals surface area contributed by atoms with Gasteiger partial charge in [-0.3, -0.25) is 4.98 Å². The maximum Gasteiger partial charge on any atom is 1.00 e. The Kier molecular flexibility index (Phi) is 17.0. The summed E-state index contributed by atoms with van der Waals surface area (Å²) in [7, 11) is -8.56. The second-order valence-electron chi connectivity index (χ2n) is 14.4. The standard InChI is InChI=1S/C36H28OP2.C16H15N3.BF4.Cu/c1-5-17-29(18-6-1)38(30-19-7-2-8-20-30)35-27-15-13-25-33(35)37-34-26-14-16-28-36(34)39(31-21-9-3-10-22-31)32-23-11-4-12-24-32;1-12-6-8-14(9-7-12)19-11-10-16(18-19)15-5-3-4-13(2)17-15;2-1(3,4)5;/h1-28H;3-11H,1-2H3;;/q;;-1;+1/p+2. The summed E-state index contributed by atoms with van der Waals surface area (Å²) in [6.45, 7) is 4.06. The molecule has 0 aliphatic heterocycles. The molecule has 9 rings (SSSR count). The Balaban J connectivity index is 0.000000226. The molecule has 12 heteroatoms. The van der Waals surface area contributed by atoms with Crippen LogP contribution < -0.4 is 36.6 Å². The fourth-order valence-corrected chi connectivity index (χ4v) is 12.3. The van der Waals surface area contributed by atoms with Gasteiger partial charge in [-0.15, -0.1) is 0 Å². The molecule has 0 aliphatic carbocycles. The van der Waals surface area contributed by atoms with Gasteiger partial charge in [0, 0.05) is 11.9 Å². The molecule has 0 saturated heterocycles. The van der Waals surface area contributed by atoms with Crippen LogP contribution in [0.25, 0.3) is 17.1 Å². The molecule has 0 saturated carbocycles. The molecule has 0 spiro atoms. The van der Waals surface area contributed by atoms with Crippen LogP contribution in [0, 0.1) is 13.8 Å². The first-order chi connectivity index (χ1) is 30.6. The maximum absolute atomic E-state index is 9.75. The van der Waals surface area contributed by atoms with E-state index in [1.54, 1.807) is 0 Å².